The van der Waals surface area contributed by atoms with E-state index in [4.69, 9.17) is 16.6 Å². The first-order chi connectivity index (χ1) is 12.8. The molecule has 0 saturated carbocycles. The second-order valence-electron chi connectivity index (χ2n) is 6.01. The lowest BCUT2D eigenvalue weighted by atomic mass is 10.2. The Morgan fingerprint density at radius 3 is 2.63 bits per heavy atom. The molecule has 9 heteroatoms. The van der Waals surface area contributed by atoms with Gasteiger partial charge in [0.2, 0.25) is 0 Å². The van der Waals surface area contributed by atoms with Crippen molar-refractivity contribution in [2.75, 3.05) is 11.5 Å². The van der Waals surface area contributed by atoms with Gasteiger partial charge in [0.15, 0.2) is 16.1 Å². The highest BCUT2D eigenvalue weighted by molar-refractivity contribution is 9.10. The summed E-state index contributed by atoms with van der Waals surface area (Å²) in [6, 6.07) is 11.1. The number of furan rings is 1. The predicted octanol–water partition coefficient (Wildman–Crippen LogP) is 4.04. The molecule has 1 aromatic heterocycles. The number of carbonyl (C=O) groups is 1. The standard InChI is InChI=1S/C18H16BrNO4S3/c19-13-3-1-12(2-4-13)17-6-5-15(24-17)9-16(10-21)26-18(25)20-14-7-8-27(22,23)11-14/h1-6,9-10,14H,7-8,11H2,(H,20,25)/b16-9+. The molecule has 1 unspecified atom stereocenters. The van der Waals surface area contributed by atoms with Crippen molar-refractivity contribution >= 4 is 66.4 Å². The van der Waals surface area contributed by atoms with E-state index in [0.29, 0.717) is 33.5 Å². The number of thiocarbonyl (C=S) groups is 1. The smallest absolute Gasteiger partial charge is 0.156 e. The van der Waals surface area contributed by atoms with Gasteiger partial charge in [-0.05, 0) is 36.8 Å². The summed E-state index contributed by atoms with van der Waals surface area (Å²) >= 11 is 9.72. The number of nitrogens with one attached hydrogen (secondary N) is 1. The van der Waals surface area contributed by atoms with Crippen LogP contribution >= 0.6 is 39.9 Å². The van der Waals surface area contributed by atoms with Crippen molar-refractivity contribution in [3.05, 3.63) is 51.5 Å². The van der Waals surface area contributed by atoms with E-state index in [1.165, 1.54) is 0 Å². The zero-order chi connectivity index (χ0) is 19.4. The molecular formula is C18H16BrNO4S3. The Labute approximate surface area is 175 Å². The molecule has 1 aliphatic heterocycles. The van der Waals surface area contributed by atoms with Crippen molar-refractivity contribution in [2.45, 2.75) is 12.5 Å². The van der Waals surface area contributed by atoms with Gasteiger partial charge in [0, 0.05) is 16.1 Å². The number of hydrogen-bond donors (Lipinski definition) is 1. The molecule has 0 aliphatic carbocycles. The quantitative estimate of drug-likeness (QED) is 0.388. The molecule has 1 N–H and O–H groups in total. The van der Waals surface area contributed by atoms with Gasteiger partial charge in [-0.25, -0.2) is 8.42 Å². The zero-order valence-corrected chi connectivity index (χ0v) is 18.1. The van der Waals surface area contributed by atoms with E-state index in [1.54, 1.807) is 12.1 Å². The van der Waals surface area contributed by atoms with Gasteiger partial charge < -0.3 is 9.73 Å². The molecule has 1 aliphatic rings. The van der Waals surface area contributed by atoms with E-state index in [1.807, 2.05) is 30.3 Å². The summed E-state index contributed by atoms with van der Waals surface area (Å²) in [5.74, 6) is 1.47. The van der Waals surface area contributed by atoms with E-state index < -0.39 is 9.84 Å². The average Bonchev–Trinajstić information content (AvgIpc) is 3.21. The monoisotopic (exact) mass is 485 g/mol. The van der Waals surface area contributed by atoms with Crippen LogP contribution in [0.5, 0.6) is 0 Å². The summed E-state index contributed by atoms with van der Waals surface area (Å²) in [4.78, 5) is 11.8. The van der Waals surface area contributed by atoms with E-state index in [9.17, 15) is 13.2 Å². The van der Waals surface area contributed by atoms with Crippen molar-refractivity contribution in [1.82, 2.24) is 5.32 Å². The summed E-state index contributed by atoms with van der Waals surface area (Å²) in [5.41, 5.74) is 0.929. The Bertz CT molecular complexity index is 980. The van der Waals surface area contributed by atoms with Gasteiger partial charge in [0.1, 0.15) is 15.8 Å². The first-order valence-corrected chi connectivity index (χ1v) is 11.9. The normalized spacial score (nSPS) is 19.0. The molecule has 0 bridgehead atoms. The maximum Gasteiger partial charge on any atom is 0.156 e. The van der Waals surface area contributed by atoms with Crippen LogP contribution in [0.1, 0.15) is 12.2 Å². The zero-order valence-electron chi connectivity index (χ0n) is 14.1. The number of carbonyl (C=O) groups excluding carboxylic acids is 1. The van der Waals surface area contributed by atoms with Crippen molar-refractivity contribution in [2.24, 2.45) is 0 Å². The van der Waals surface area contributed by atoms with Crippen LogP contribution in [0.3, 0.4) is 0 Å². The minimum atomic E-state index is -2.98. The minimum Gasteiger partial charge on any atom is -0.457 e. The number of rotatable bonds is 5. The molecule has 2 heterocycles. The second kappa shape index (κ2) is 8.72. The molecule has 142 valence electrons. The number of thioether (sulfide) groups is 1. The van der Waals surface area contributed by atoms with Crippen LogP contribution in [0.25, 0.3) is 17.4 Å². The largest absolute Gasteiger partial charge is 0.457 e. The first-order valence-electron chi connectivity index (χ1n) is 8.06. The lowest BCUT2D eigenvalue weighted by Crippen LogP contribution is -2.32. The molecule has 3 rings (SSSR count). The number of benzene rings is 1. The Morgan fingerprint density at radius 2 is 2.00 bits per heavy atom. The Morgan fingerprint density at radius 1 is 1.26 bits per heavy atom. The molecule has 0 radical (unpaired) electrons. The van der Waals surface area contributed by atoms with Crippen LogP contribution in [0.4, 0.5) is 0 Å². The fraction of sp³-hybridized carbons (Fsp3) is 0.222. The van der Waals surface area contributed by atoms with E-state index >= 15 is 0 Å². The van der Waals surface area contributed by atoms with Crippen molar-refractivity contribution in [3.8, 4) is 11.3 Å². The molecule has 2 aromatic rings. The highest BCUT2D eigenvalue weighted by Gasteiger charge is 2.28. The number of allylic oxidation sites excluding steroid dienone is 1. The van der Waals surface area contributed by atoms with Crippen molar-refractivity contribution < 1.29 is 17.6 Å². The van der Waals surface area contributed by atoms with Gasteiger partial charge in [-0.15, -0.1) is 0 Å². The topological polar surface area (TPSA) is 76.4 Å². The molecule has 5 nitrogen and oxygen atoms in total. The maximum atomic E-state index is 11.5. The molecule has 0 amide bonds. The van der Waals surface area contributed by atoms with Crippen LogP contribution in [0, 0.1) is 0 Å². The lowest BCUT2D eigenvalue weighted by Gasteiger charge is -2.12. The SMILES string of the molecule is O=C/C(=C\c1ccc(-c2ccc(Br)cc2)o1)SC(=S)NC1CCS(=O)(=O)C1. The molecule has 1 saturated heterocycles. The molecule has 1 fully saturated rings. The summed E-state index contributed by atoms with van der Waals surface area (Å²) in [7, 11) is -2.98. The third-order valence-electron chi connectivity index (χ3n) is 3.92. The van der Waals surface area contributed by atoms with Gasteiger partial charge in [0.25, 0.3) is 0 Å². The fourth-order valence-corrected chi connectivity index (χ4v) is 5.70. The summed E-state index contributed by atoms with van der Waals surface area (Å²) in [6.07, 6.45) is 2.84. The van der Waals surface area contributed by atoms with Crippen molar-refractivity contribution in [3.63, 3.8) is 0 Å². The number of hydrogen-bond acceptors (Lipinski definition) is 6. The Hall–Kier alpha value is -1.42. The van der Waals surface area contributed by atoms with Crippen LogP contribution in [0.15, 0.2) is 50.2 Å². The first kappa shape index (κ1) is 20.3. The molecule has 0 spiro atoms. The third kappa shape index (κ3) is 5.78. The van der Waals surface area contributed by atoms with E-state index in [-0.39, 0.29) is 17.5 Å². The summed E-state index contributed by atoms with van der Waals surface area (Å²) < 4.78 is 30.1. The lowest BCUT2D eigenvalue weighted by molar-refractivity contribution is -0.104. The minimum absolute atomic E-state index is 0.0720. The van der Waals surface area contributed by atoms with Gasteiger partial charge >= 0.3 is 0 Å². The van der Waals surface area contributed by atoms with Gasteiger partial charge in [0.05, 0.1) is 16.4 Å². The Balaban J connectivity index is 1.65. The summed E-state index contributed by atoms with van der Waals surface area (Å²) in [5, 5.41) is 3.00. The highest BCUT2D eigenvalue weighted by atomic mass is 79.9. The van der Waals surface area contributed by atoms with Gasteiger partial charge in [-0.2, -0.15) is 0 Å². The predicted molar refractivity (Wildman–Crippen MR) is 116 cm³/mol. The number of sulfone groups is 1. The molecular weight excluding hydrogens is 470 g/mol. The molecule has 1 atom stereocenters. The van der Waals surface area contributed by atoms with Crippen molar-refractivity contribution in [1.29, 1.82) is 0 Å². The maximum absolute atomic E-state index is 11.5. The number of aldehydes is 1. The number of halogens is 1. The molecule has 1 aromatic carbocycles. The third-order valence-corrected chi connectivity index (χ3v) is 7.34. The van der Waals surface area contributed by atoms with Gasteiger partial charge in [-0.1, -0.05) is 52.0 Å². The van der Waals surface area contributed by atoms with E-state index in [0.717, 1.165) is 21.8 Å². The van der Waals surface area contributed by atoms with Crippen LogP contribution in [-0.4, -0.2) is 36.6 Å². The molecule has 27 heavy (non-hydrogen) atoms. The average molecular weight is 486 g/mol. The fourth-order valence-electron chi connectivity index (χ4n) is 2.64. The van der Waals surface area contributed by atoms with Crippen LogP contribution in [0.2, 0.25) is 0 Å². The Kier molecular flexibility index (Phi) is 6.56. The van der Waals surface area contributed by atoms with E-state index in [2.05, 4.69) is 21.2 Å². The summed E-state index contributed by atoms with van der Waals surface area (Å²) in [6.45, 7) is 0. The van der Waals surface area contributed by atoms with Crippen LogP contribution in [-0.2, 0) is 14.6 Å². The highest BCUT2D eigenvalue weighted by Crippen LogP contribution is 2.26. The van der Waals surface area contributed by atoms with Gasteiger partial charge in [-0.3, -0.25) is 4.79 Å². The van der Waals surface area contributed by atoms with Crippen LogP contribution < -0.4 is 5.32 Å². The second-order valence-corrected chi connectivity index (χ2v) is 10.9.